The fraction of sp³-hybridized carbons (Fsp3) is 0.552. The molecule has 0 radical (unpaired) electrons. The van der Waals surface area contributed by atoms with Crippen LogP contribution in [0.2, 0.25) is 10.0 Å². The molecule has 1 amide bonds. The van der Waals surface area contributed by atoms with Crippen molar-refractivity contribution in [3.63, 3.8) is 0 Å². The summed E-state index contributed by atoms with van der Waals surface area (Å²) in [6.07, 6.45) is 0.787. The van der Waals surface area contributed by atoms with E-state index in [0.717, 1.165) is 89.7 Å². The van der Waals surface area contributed by atoms with Crippen LogP contribution in [-0.2, 0) is 21.5 Å². The van der Waals surface area contributed by atoms with Gasteiger partial charge in [0.05, 0.1) is 28.7 Å². The highest BCUT2D eigenvalue weighted by Crippen LogP contribution is 2.56. The van der Waals surface area contributed by atoms with Crippen LogP contribution in [-0.4, -0.2) is 105 Å². The predicted molar refractivity (Wildman–Crippen MR) is 149 cm³/mol. The number of nitrogens with zero attached hydrogens (tertiary/aromatic N) is 4. The minimum absolute atomic E-state index is 0.0781. The maximum Gasteiger partial charge on any atom is 0.233 e. The second kappa shape index (κ2) is 12.2. The third kappa shape index (κ3) is 6.35. The van der Waals surface area contributed by atoms with Gasteiger partial charge in [-0.1, -0.05) is 41.4 Å². The van der Waals surface area contributed by atoms with Crippen molar-refractivity contribution in [3.8, 4) is 0 Å². The molecule has 5 rings (SSSR count). The van der Waals surface area contributed by atoms with E-state index in [1.165, 1.54) is 12.1 Å². The number of piperazine rings is 1. The van der Waals surface area contributed by atoms with Gasteiger partial charge in [0.25, 0.3) is 0 Å². The number of morpholine rings is 1. The number of ether oxygens (including phenoxy) is 1. The lowest BCUT2D eigenvalue weighted by Gasteiger charge is -2.37. The smallest absolute Gasteiger partial charge is 0.233 e. The molecule has 0 N–H and O–H groups in total. The average molecular weight is 564 g/mol. The first-order valence-corrected chi connectivity index (χ1v) is 14.3. The van der Waals surface area contributed by atoms with Gasteiger partial charge >= 0.3 is 0 Å². The van der Waals surface area contributed by atoms with Crippen LogP contribution in [0.3, 0.4) is 0 Å². The van der Waals surface area contributed by atoms with Crippen LogP contribution in [0.15, 0.2) is 42.5 Å². The van der Waals surface area contributed by atoms with Gasteiger partial charge in [0.2, 0.25) is 5.91 Å². The molecule has 0 unspecified atom stereocenters. The summed E-state index contributed by atoms with van der Waals surface area (Å²) in [6.45, 7) is 11.4. The van der Waals surface area contributed by atoms with Crippen LogP contribution in [0.4, 0.5) is 4.39 Å². The average Bonchev–Trinajstić information content (AvgIpc) is 3.65. The van der Waals surface area contributed by atoms with Gasteiger partial charge in [-0.15, -0.1) is 0 Å². The zero-order chi connectivity index (χ0) is 26.7. The van der Waals surface area contributed by atoms with Crippen LogP contribution in [0.5, 0.6) is 0 Å². The topological polar surface area (TPSA) is 39.3 Å². The molecule has 2 aromatic carbocycles. The summed E-state index contributed by atoms with van der Waals surface area (Å²) in [4.78, 5) is 23.3. The van der Waals surface area contributed by atoms with E-state index in [-0.39, 0.29) is 17.6 Å². The lowest BCUT2D eigenvalue weighted by Crippen LogP contribution is -2.50. The third-order valence-electron chi connectivity index (χ3n) is 8.38. The number of carbonyl (C=O) groups excluding carboxylic acids is 1. The van der Waals surface area contributed by atoms with Crippen molar-refractivity contribution in [3.05, 3.63) is 69.5 Å². The normalized spacial score (nSPS) is 24.9. The lowest BCUT2D eigenvalue weighted by molar-refractivity contribution is -0.133. The van der Waals surface area contributed by atoms with Crippen molar-refractivity contribution >= 4 is 29.1 Å². The molecule has 2 aromatic rings. The molecule has 0 spiro atoms. The summed E-state index contributed by atoms with van der Waals surface area (Å²) in [5.74, 6) is 0.00984. The molecule has 6 nitrogen and oxygen atoms in total. The minimum atomic E-state index is -0.615. The molecule has 0 bridgehead atoms. The first-order chi connectivity index (χ1) is 18.3. The SMILES string of the molecule is CN(Cc1ccc(F)cc1)C(=O)[C@@]1(c2ccc(Cl)c(Cl)c2)C[C@H]1CN1CCN(CCN2CCOCC2)CC1. The minimum Gasteiger partial charge on any atom is -0.379 e. The molecule has 0 aromatic heterocycles. The van der Waals surface area contributed by atoms with Gasteiger partial charge in [0.15, 0.2) is 0 Å². The van der Waals surface area contributed by atoms with E-state index >= 15 is 0 Å². The van der Waals surface area contributed by atoms with E-state index in [1.807, 2.05) is 19.2 Å². The number of halogens is 3. The Kier molecular flexibility index (Phi) is 8.92. The molecule has 206 valence electrons. The monoisotopic (exact) mass is 562 g/mol. The van der Waals surface area contributed by atoms with E-state index in [2.05, 4.69) is 14.7 Å². The van der Waals surface area contributed by atoms with Gasteiger partial charge < -0.3 is 14.5 Å². The molecule has 2 atom stereocenters. The fourth-order valence-corrected chi connectivity index (χ4v) is 6.25. The van der Waals surface area contributed by atoms with Crippen LogP contribution >= 0.6 is 23.2 Å². The molecule has 1 saturated carbocycles. The van der Waals surface area contributed by atoms with Crippen molar-refractivity contribution in [1.29, 1.82) is 0 Å². The summed E-state index contributed by atoms with van der Waals surface area (Å²) >= 11 is 12.6. The van der Waals surface area contributed by atoms with Crippen LogP contribution in [0.25, 0.3) is 0 Å². The Morgan fingerprint density at radius 2 is 1.58 bits per heavy atom. The number of amides is 1. The first kappa shape index (κ1) is 27.8. The van der Waals surface area contributed by atoms with Crippen molar-refractivity contribution in [2.75, 3.05) is 79.2 Å². The van der Waals surface area contributed by atoms with Crippen molar-refractivity contribution in [2.45, 2.75) is 18.4 Å². The highest BCUT2D eigenvalue weighted by Gasteiger charge is 2.62. The Balaban J connectivity index is 1.22. The number of carbonyl (C=O) groups is 1. The third-order valence-corrected chi connectivity index (χ3v) is 9.12. The predicted octanol–water partition coefficient (Wildman–Crippen LogP) is 4.00. The number of benzene rings is 2. The molecule has 2 heterocycles. The quantitative estimate of drug-likeness (QED) is 0.462. The van der Waals surface area contributed by atoms with Gasteiger partial charge in [-0.2, -0.15) is 0 Å². The van der Waals surface area contributed by atoms with Crippen molar-refractivity contribution in [1.82, 2.24) is 19.6 Å². The highest BCUT2D eigenvalue weighted by atomic mass is 35.5. The molecule has 1 aliphatic carbocycles. The molecule has 3 aliphatic rings. The van der Waals surface area contributed by atoms with E-state index in [1.54, 1.807) is 23.1 Å². The Hall–Kier alpha value is -1.74. The zero-order valence-corrected chi connectivity index (χ0v) is 23.6. The van der Waals surface area contributed by atoms with E-state index in [9.17, 15) is 9.18 Å². The molecule has 2 saturated heterocycles. The van der Waals surface area contributed by atoms with Crippen LogP contribution in [0, 0.1) is 11.7 Å². The summed E-state index contributed by atoms with van der Waals surface area (Å²) < 4.78 is 18.8. The first-order valence-electron chi connectivity index (χ1n) is 13.6. The van der Waals surface area contributed by atoms with Crippen molar-refractivity contribution in [2.24, 2.45) is 5.92 Å². The van der Waals surface area contributed by atoms with Crippen LogP contribution in [0.1, 0.15) is 17.5 Å². The number of likely N-dealkylation sites (N-methyl/N-ethyl adjacent to an activating group) is 1. The highest BCUT2D eigenvalue weighted by molar-refractivity contribution is 6.42. The van der Waals surface area contributed by atoms with Gasteiger partial charge in [-0.3, -0.25) is 14.6 Å². The Morgan fingerprint density at radius 1 is 0.947 bits per heavy atom. The number of rotatable bonds is 9. The maximum absolute atomic E-state index is 14.0. The molecular formula is C29H37Cl2FN4O2. The Morgan fingerprint density at radius 3 is 2.24 bits per heavy atom. The standard InChI is InChI=1S/C29H37Cl2FN4O2/c1-33(20-22-2-5-25(32)6-3-22)28(37)29(23-4-7-26(30)27(31)18-23)19-24(29)21-36-12-10-34(11-13-36)8-9-35-14-16-38-17-15-35/h2-7,18,24H,8-17,19-21H2,1H3/t24-,29+/m0/s1. The van der Waals surface area contributed by atoms with E-state index in [4.69, 9.17) is 27.9 Å². The van der Waals surface area contributed by atoms with Crippen LogP contribution < -0.4 is 0 Å². The maximum atomic E-state index is 14.0. The zero-order valence-electron chi connectivity index (χ0n) is 22.1. The molecule has 3 fully saturated rings. The summed E-state index contributed by atoms with van der Waals surface area (Å²) in [5, 5.41) is 0.958. The Bertz CT molecular complexity index is 1110. The van der Waals surface area contributed by atoms with Gasteiger partial charge in [-0.25, -0.2) is 4.39 Å². The van der Waals surface area contributed by atoms with E-state index < -0.39 is 5.41 Å². The second-order valence-electron chi connectivity index (χ2n) is 10.9. The largest absolute Gasteiger partial charge is 0.379 e. The van der Waals surface area contributed by atoms with Gasteiger partial charge in [0.1, 0.15) is 5.82 Å². The lowest BCUT2D eigenvalue weighted by atomic mass is 9.91. The van der Waals surface area contributed by atoms with E-state index in [0.29, 0.717) is 16.6 Å². The number of hydrogen-bond donors (Lipinski definition) is 0. The molecular weight excluding hydrogens is 526 g/mol. The molecule has 38 heavy (non-hydrogen) atoms. The van der Waals surface area contributed by atoms with Gasteiger partial charge in [-0.05, 0) is 47.7 Å². The molecule has 2 aliphatic heterocycles. The summed E-state index contributed by atoms with van der Waals surface area (Å²) in [6, 6.07) is 11.9. The van der Waals surface area contributed by atoms with Gasteiger partial charge in [0, 0.05) is 72.5 Å². The number of hydrogen-bond acceptors (Lipinski definition) is 5. The summed E-state index contributed by atoms with van der Waals surface area (Å²) in [5.41, 5.74) is 1.21. The fourth-order valence-electron chi connectivity index (χ4n) is 5.95. The second-order valence-corrected chi connectivity index (χ2v) is 11.7. The summed E-state index contributed by atoms with van der Waals surface area (Å²) in [7, 11) is 1.83. The Labute approximate surface area is 235 Å². The van der Waals surface area contributed by atoms with Crippen molar-refractivity contribution < 1.29 is 13.9 Å². The molecule has 9 heteroatoms.